The maximum Gasteiger partial charge on any atom is 0.339 e. The minimum absolute atomic E-state index is 0.0470. The summed E-state index contributed by atoms with van der Waals surface area (Å²) < 4.78 is 31.0. The van der Waals surface area contributed by atoms with Crippen molar-refractivity contribution < 1.29 is 17.4 Å². The molecule has 5 nitrogen and oxygen atoms in total. The van der Waals surface area contributed by atoms with Crippen LogP contribution in [0.25, 0.3) is 11.1 Å². The second-order valence-corrected chi connectivity index (χ2v) is 8.09. The van der Waals surface area contributed by atoms with Crippen LogP contribution in [0.2, 0.25) is 0 Å². The van der Waals surface area contributed by atoms with E-state index in [1.807, 2.05) is 42.5 Å². The molecule has 1 fully saturated rings. The third-order valence-corrected chi connectivity index (χ3v) is 5.93. The number of nitrogens with zero attached hydrogens (tertiary/aromatic N) is 1. The van der Waals surface area contributed by atoms with E-state index in [0.29, 0.717) is 24.2 Å². The van der Waals surface area contributed by atoms with Gasteiger partial charge in [-0.25, -0.2) is 0 Å². The SMILES string of the molecule is O=C1CCCN1c1ccc(S(=O)(=O)Oc2ccccc2-c2ccccc2)cc1. The van der Waals surface area contributed by atoms with Gasteiger partial charge in [0, 0.05) is 24.2 Å². The highest BCUT2D eigenvalue weighted by molar-refractivity contribution is 7.87. The zero-order valence-corrected chi connectivity index (χ0v) is 15.9. The molecule has 142 valence electrons. The quantitative estimate of drug-likeness (QED) is 0.608. The molecule has 6 heteroatoms. The average molecular weight is 393 g/mol. The summed E-state index contributed by atoms with van der Waals surface area (Å²) in [6.45, 7) is 0.659. The lowest BCUT2D eigenvalue weighted by atomic mass is 10.1. The fraction of sp³-hybridized carbons (Fsp3) is 0.136. The Morgan fingerprint density at radius 3 is 2.18 bits per heavy atom. The number of carbonyl (C=O) groups is 1. The van der Waals surface area contributed by atoms with Crippen molar-refractivity contribution in [2.75, 3.05) is 11.4 Å². The molecular formula is C22H19NO4S. The first-order valence-corrected chi connectivity index (χ1v) is 10.4. The highest BCUT2D eigenvalue weighted by Crippen LogP contribution is 2.32. The van der Waals surface area contributed by atoms with Crippen molar-refractivity contribution >= 4 is 21.7 Å². The molecule has 0 aliphatic carbocycles. The van der Waals surface area contributed by atoms with Gasteiger partial charge in [-0.3, -0.25) is 4.79 Å². The molecule has 1 heterocycles. The summed E-state index contributed by atoms with van der Waals surface area (Å²) in [6, 6.07) is 22.7. The largest absolute Gasteiger partial charge is 0.378 e. The molecular weight excluding hydrogens is 374 g/mol. The summed E-state index contributed by atoms with van der Waals surface area (Å²) in [5.41, 5.74) is 2.27. The van der Waals surface area contributed by atoms with Crippen molar-refractivity contribution in [1.82, 2.24) is 0 Å². The molecule has 0 radical (unpaired) electrons. The molecule has 1 saturated heterocycles. The van der Waals surface area contributed by atoms with E-state index >= 15 is 0 Å². The second-order valence-electron chi connectivity index (χ2n) is 6.54. The highest BCUT2D eigenvalue weighted by atomic mass is 32.2. The van der Waals surface area contributed by atoms with E-state index in [-0.39, 0.29) is 16.6 Å². The van der Waals surface area contributed by atoms with E-state index in [2.05, 4.69) is 0 Å². The number of amides is 1. The summed E-state index contributed by atoms with van der Waals surface area (Å²) in [5.74, 6) is 0.330. The average Bonchev–Trinajstić information content (AvgIpc) is 3.15. The molecule has 0 bridgehead atoms. The number of benzene rings is 3. The van der Waals surface area contributed by atoms with E-state index in [4.69, 9.17) is 4.18 Å². The summed E-state index contributed by atoms with van der Waals surface area (Å²) in [5, 5.41) is 0. The van der Waals surface area contributed by atoms with Crippen LogP contribution in [0.4, 0.5) is 5.69 Å². The zero-order valence-electron chi connectivity index (χ0n) is 15.1. The third kappa shape index (κ3) is 3.64. The van der Waals surface area contributed by atoms with Crippen LogP contribution in [0, 0.1) is 0 Å². The summed E-state index contributed by atoms with van der Waals surface area (Å²) in [7, 11) is -4.00. The van der Waals surface area contributed by atoms with E-state index in [0.717, 1.165) is 12.0 Å². The number of carbonyl (C=O) groups excluding carboxylic acids is 1. The Morgan fingerprint density at radius 2 is 1.50 bits per heavy atom. The van der Waals surface area contributed by atoms with Crippen LogP contribution in [0.3, 0.4) is 0 Å². The number of rotatable bonds is 5. The van der Waals surface area contributed by atoms with Crippen LogP contribution in [0.5, 0.6) is 5.75 Å². The second kappa shape index (κ2) is 7.48. The molecule has 1 aliphatic rings. The van der Waals surface area contributed by atoms with Crippen molar-refractivity contribution in [2.45, 2.75) is 17.7 Å². The van der Waals surface area contributed by atoms with Crippen LogP contribution in [-0.2, 0) is 14.9 Å². The van der Waals surface area contributed by atoms with Gasteiger partial charge in [-0.05, 0) is 42.3 Å². The predicted molar refractivity (Wildman–Crippen MR) is 108 cm³/mol. The van der Waals surface area contributed by atoms with Crippen LogP contribution in [0.1, 0.15) is 12.8 Å². The van der Waals surface area contributed by atoms with Gasteiger partial charge in [-0.2, -0.15) is 8.42 Å². The van der Waals surface area contributed by atoms with Crippen LogP contribution < -0.4 is 9.08 Å². The third-order valence-electron chi connectivity index (χ3n) is 4.68. The fourth-order valence-electron chi connectivity index (χ4n) is 3.28. The Hall–Kier alpha value is -3.12. The Bertz CT molecular complexity index is 1090. The Kier molecular flexibility index (Phi) is 4.88. The molecule has 0 aromatic heterocycles. The van der Waals surface area contributed by atoms with Crippen molar-refractivity contribution in [1.29, 1.82) is 0 Å². The lowest BCUT2D eigenvalue weighted by molar-refractivity contribution is -0.117. The number of para-hydroxylation sites is 1. The van der Waals surface area contributed by atoms with Gasteiger partial charge in [0.2, 0.25) is 5.91 Å². The predicted octanol–water partition coefficient (Wildman–Crippen LogP) is 4.25. The molecule has 0 N–H and O–H groups in total. The molecule has 1 amide bonds. The molecule has 0 spiro atoms. The highest BCUT2D eigenvalue weighted by Gasteiger charge is 2.23. The first kappa shape index (κ1) is 18.3. The van der Waals surface area contributed by atoms with Crippen LogP contribution in [-0.4, -0.2) is 20.9 Å². The summed E-state index contributed by atoms with van der Waals surface area (Å²) in [4.78, 5) is 13.6. The Morgan fingerprint density at radius 1 is 0.821 bits per heavy atom. The zero-order chi connectivity index (χ0) is 19.6. The van der Waals surface area contributed by atoms with Crippen molar-refractivity contribution in [3.05, 3.63) is 78.9 Å². The van der Waals surface area contributed by atoms with E-state index in [9.17, 15) is 13.2 Å². The van der Waals surface area contributed by atoms with Crippen LogP contribution >= 0.6 is 0 Å². The fourth-order valence-corrected chi connectivity index (χ4v) is 4.22. The number of anilines is 1. The van der Waals surface area contributed by atoms with Gasteiger partial charge in [0.05, 0.1) is 0 Å². The van der Waals surface area contributed by atoms with Gasteiger partial charge < -0.3 is 9.08 Å². The lowest BCUT2D eigenvalue weighted by Gasteiger charge is -2.16. The molecule has 4 rings (SSSR count). The van der Waals surface area contributed by atoms with Crippen molar-refractivity contribution in [3.8, 4) is 16.9 Å². The molecule has 0 atom stereocenters. The van der Waals surface area contributed by atoms with E-state index in [1.165, 1.54) is 12.1 Å². The Labute approximate surface area is 164 Å². The van der Waals surface area contributed by atoms with E-state index < -0.39 is 10.1 Å². The maximum atomic E-state index is 12.8. The maximum absolute atomic E-state index is 12.8. The van der Waals surface area contributed by atoms with Gasteiger partial charge in [0.1, 0.15) is 4.90 Å². The van der Waals surface area contributed by atoms with Gasteiger partial charge in [-0.15, -0.1) is 0 Å². The molecule has 0 unspecified atom stereocenters. The van der Waals surface area contributed by atoms with Gasteiger partial charge in [0.15, 0.2) is 5.75 Å². The topological polar surface area (TPSA) is 63.7 Å². The molecule has 1 aliphatic heterocycles. The summed E-state index contributed by atoms with van der Waals surface area (Å²) in [6.07, 6.45) is 1.34. The normalized spacial score (nSPS) is 14.3. The van der Waals surface area contributed by atoms with Crippen molar-refractivity contribution in [3.63, 3.8) is 0 Å². The molecule has 3 aromatic carbocycles. The van der Waals surface area contributed by atoms with Crippen molar-refractivity contribution in [2.24, 2.45) is 0 Å². The minimum Gasteiger partial charge on any atom is -0.378 e. The van der Waals surface area contributed by atoms with E-state index in [1.54, 1.807) is 29.2 Å². The molecule has 0 saturated carbocycles. The molecule has 28 heavy (non-hydrogen) atoms. The number of hydrogen-bond acceptors (Lipinski definition) is 4. The van der Waals surface area contributed by atoms with Gasteiger partial charge in [-0.1, -0.05) is 48.5 Å². The standard InChI is InChI=1S/C22H19NO4S/c24-22-11-6-16-23(22)18-12-14-19(15-13-18)28(25,26)27-21-10-5-4-9-20(21)17-7-2-1-3-8-17/h1-5,7-10,12-15H,6,11,16H2. The monoisotopic (exact) mass is 393 g/mol. The Balaban J connectivity index is 1.61. The molecule has 3 aromatic rings. The smallest absolute Gasteiger partial charge is 0.339 e. The minimum atomic E-state index is -4.00. The van der Waals surface area contributed by atoms with Gasteiger partial charge in [0.25, 0.3) is 0 Å². The summed E-state index contributed by atoms with van der Waals surface area (Å²) >= 11 is 0. The number of hydrogen-bond donors (Lipinski definition) is 0. The first-order chi connectivity index (χ1) is 13.5. The first-order valence-electron chi connectivity index (χ1n) is 9.04. The van der Waals surface area contributed by atoms with Gasteiger partial charge >= 0.3 is 10.1 Å². The van der Waals surface area contributed by atoms with Crippen LogP contribution in [0.15, 0.2) is 83.8 Å². The lowest BCUT2D eigenvalue weighted by Crippen LogP contribution is -2.23.